The quantitative estimate of drug-likeness (QED) is 0.824. The second-order valence-electron chi connectivity index (χ2n) is 7.86. The first-order chi connectivity index (χ1) is 12.3. The summed E-state index contributed by atoms with van der Waals surface area (Å²) < 4.78 is 4.17. The Hall–Kier alpha value is -2.18. The third-order valence-electron chi connectivity index (χ3n) is 5.44. The van der Waals surface area contributed by atoms with E-state index in [1.54, 1.807) is 0 Å². The van der Waals surface area contributed by atoms with E-state index in [9.17, 15) is 4.79 Å². The van der Waals surface area contributed by atoms with E-state index in [0.29, 0.717) is 25.4 Å². The molecule has 0 saturated heterocycles. The van der Waals surface area contributed by atoms with Crippen molar-refractivity contribution < 1.29 is 4.79 Å². The van der Waals surface area contributed by atoms with Gasteiger partial charge in [-0.25, -0.2) is 0 Å². The summed E-state index contributed by atoms with van der Waals surface area (Å²) in [5, 5.41) is 13.1. The number of fused-ring (bicyclic) bond motifs is 1. The molecule has 1 aliphatic rings. The molecule has 2 aromatic heterocycles. The maximum Gasteiger partial charge on any atom is 0.224 e. The lowest BCUT2D eigenvalue weighted by Crippen LogP contribution is -2.42. The van der Waals surface area contributed by atoms with Gasteiger partial charge in [0.1, 0.15) is 5.82 Å². The van der Waals surface area contributed by atoms with Crippen LogP contribution in [-0.4, -0.2) is 41.9 Å². The Morgan fingerprint density at radius 1 is 1.19 bits per heavy atom. The van der Waals surface area contributed by atoms with Gasteiger partial charge in [-0.3, -0.25) is 9.48 Å². The lowest BCUT2D eigenvalue weighted by molar-refractivity contribution is -0.133. The maximum absolute atomic E-state index is 12.8. The van der Waals surface area contributed by atoms with Crippen molar-refractivity contribution in [3.05, 3.63) is 28.6 Å². The van der Waals surface area contributed by atoms with Gasteiger partial charge < -0.3 is 9.47 Å². The minimum atomic E-state index is 0.163. The molecule has 0 radical (unpaired) electrons. The van der Waals surface area contributed by atoms with Crippen molar-refractivity contribution >= 4 is 5.91 Å². The van der Waals surface area contributed by atoms with Crippen molar-refractivity contribution in [2.24, 2.45) is 5.92 Å². The molecule has 1 aliphatic heterocycles. The molecule has 7 heteroatoms. The molecular weight excluding hydrogens is 328 g/mol. The van der Waals surface area contributed by atoms with Crippen LogP contribution >= 0.6 is 0 Å². The Labute approximate surface area is 155 Å². The molecule has 0 unspecified atom stereocenters. The van der Waals surface area contributed by atoms with Crippen molar-refractivity contribution in [2.45, 2.75) is 73.5 Å². The van der Waals surface area contributed by atoms with E-state index >= 15 is 0 Å². The fraction of sp³-hybridized carbons (Fsp3) is 0.684. The van der Waals surface area contributed by atoms with Gasteiger partial charge in [0.25, 0.3) is 0 Å². The van der Waals surface area contributed by atoms with Crippen LogP contribution < -0.4 is 0 Å². The average molecular weight is 358 g/mol. The first kappa shape index (κ1) is 18.6. The summed E-state index contributed by atoms with van der Waals surface area (Å²) in [6, 6.07) is 0.258. The van der Waals surface area contributed by atoms with Gasteiger partial charge in [0.05, 0.1) is 18.3 Å². The van der Waals surface area contributed by atoms with Crippen LogP contribution in [0.3, 0.4) is 0 Å². The summed E-state index contributed by atoms with van der Waals surface area (Å²) in [6.45, 7) is 14.5. The van der Waals surface area contributed by atoms with E-state index in [1.807, 2.05) is 23.4 Å². The number of aromatic nitrogens is 5. The molecule has 0 aromatic carbocycles. The standard InChI is InChI=1S/C19H30N6O/c1-12(2)9-17-10-23(11-18-21-20-16(6)25(17)18)19(26)7-8-24-15(5)13(3)14(4)22-24/h12,17H,7-11H2,1-6H3/t17-/m0/s1. The van der Waals surface area contributed by atoms with Gasteiger partial charge in [-0.05, 0) is 45.6 Å². The highest BCUT2D eigenvalue weighted by molar-refractivity contribution is 5.76. The molecule has 0 saturated carbocycles. The maximum atomic E-state index is 12.8. The van der Waals surface area contributed by atoms with Gasteiger partial charge in [0, 0.05) is 25.2 Å². The van der Waals surface area contributed by atoms with E-state index < -0.39 is 0 Å². The third-order valence-corrected chi connectivity index (χ3v) is 5.44. The molecule has 0 spiro atoms. The number of carbonyl (C=O) groups is 1. The summed E-state index contributed by atoms with van der Waals surface area (Å²) >= 11 is 0. The summed E-state index contributed by atoms with van der Waals surface area (Å²) in [5.74, 6) is 2.56. The van der Waals surface area contributed by atoms with Crippen LogP contribution in [0.4, 0.5) is 0 Å². The van der Waals surface area contributed by atoms with E-state index in [-0.39, 0.29) is 11.9 Å². The van der Waals surface area contributed by atoms with Crippen molar-refractivity contribution in [3.8, 4) is 0 Å². The Bertz CT molecular complexity index is 803. The molecule has 142 valence electrons. The molecule has 1 amide bonds. The summed E-state index contributed by atoms with van der Waals surface area (Å²) in [6.07, 6.45) is 1.48. The Balaban J connectivity index is 1.70. The van der Waals surface area contributed by atoms with Gasteiger partial charge in [-0.15, -0.1) is 10.2 Å². The topological polar surface area (TPSA) is 68.8 Å². The molecule has 0 fully saturated rings. The van der Waals surface area contributed by atoms with Crippen LogP contribution in [0.1, 0.15) is 61.3 Å². The third kappa shape index (κ3) is 3.52. The summed E-state index contributed by atoms with van der Waals surface area (Å²) in [7, 11) is 0. The largest absolute Gasteiger partial charge is 0.333 e. The van der Waals surface area contributed by atoms with Gasteiger partial charge in [-0.1, -0.05) is 13.8 Å². The molecule has 0 bridgehead atoms. The number of aryl methyl sites for hydroxylation is 3. The predicted molar refractivity (Wildman–Crippen MR) is 99.7 cm³/mol. The average Bonchev–Trinajstić information content (AvgIpc) is 3.07. The number of hydrogen-bond acceptors (Lipinski definition) is 4. The zero-order chi connectivity index (χ0) is 19.0. The first-order valence-corrected chi connectivity index (χ1v) is 9.46. The number of nitrogens with zero attached hydrogens (tertiary/aromatic N) is 6. The molecule has 3 heterocycles. The van der Waals surface area contributed by atoms with E-state index in [4.69, 9.17) is 0 Å². The van der Waals surface area contributed by atoms with E-state index in [1.165, 1.54) is 5.56 Å². The monoisotopic (exact) mass is 358 g/mol. The van der Waals surface area contributed by atoms with Crippen LogP contribution in [0.25, 0.3) is 0 Å². The highest BCUT2D eigenvalue weighted by Gasteiger charge is 2.30. The molecule has 3 rings (SSSR count). The second-order valence-corrected chi connectivity index (χ2v) is 7.86. The van der Waals surface area contributed by atoms with E-state index in [2.05, 4.69) is 47.6 Å². The predicted octanol–water partition coefficient (Wildman–Crippen LogP) is 2.73. The molecule has 0 aliphatic carbocycles. The number of carbonyl (C=O) groups excluding carboxylic acids is 1. The van der Waals surface area contributed by atoms with Crippen LogP contribution in [0.5, 0.6) is 0 Å². The van der Waals surface area contributed by atoms with Crippen LogP contribution in [-0.2, 0) is 17.9 Å². The molecule has 0 N–H and O–H groups in total. The van der Waals surface area contributed by atoms with Crippen LogP contribution in [0.2, 0.25) is 0 Å². The zero-order valence-corrected chi connectivity index (χ0v) is 16.8. The highest BCUT2D eigenvalue weighted by Crippen LogP contribution is 2.27. The zero-order valence-electron chi connectivity index (χ0n) is 16.8. The molecule has 26 heavy (non-hydrogen) atoms. The van der Waals surface area contributed by atoms with Crippen molar-refractivity contribution in [3.63, 3.8) is 0 Å². The highest BCUT2D eigenvalue weighted by atomic mass is 16.2. The van der Waals surface area contributed by atoms with Gasteiger partial charge in [0.2, 0.25) is 5.91 Å². The lowest BCUT2D eigenvalue weighted by atomic mass is 10.0. The van der Waals surface area contributed by atoms with Gasteiger partial charge in [-0.2, -0.15) is 5.10 Å². The number of hydrogen-bond donors (Lipinski definition) is 0. The second kappa shape index (κ2) is 7.21. The molecule has 7 nitrogen and oxygen atoms in total. The Morgan fingerprint density at radius 2 is 1.92 bits per heavy atom. The molecule has 2 aromatic rings. The first-order valence-electron chi connectivity index (χ1n) is 9.46. The molecule has 1 atom stereocenters. The van der Waals surface area contributed by atoms with Crippen molar-refractivity contribution in [1.29, 1.82) is 0 Å². The fourth-order valence-corrected chi connectivity index (χ4v) is 3.85. The lowest BCUT2D eigenvalue weighted by Gasteiger charge is -2.35. The number of rotatable bonds is 5. The summed E-state index contributed by atoms with van der Waals surface area (Å²) in [5.41, 5.74) is 3.38. The minimum absolute atomic E-state index is 0.163. The van der Waals surface area contributed by atoms with Gasteiger partial charge >= 0.3 is 0 Å². The van der Waals surface area contributed by atoms with Crippen LogP contribution in [0, 0.1) is 33.6 Å². The number of amides is 1. The Kier molecular flexibility index (Phi) is 5.16. The smallest absolute Gasteiger partial charge is 0.224 e. The Morgan fingerprint density at radius 3 is 2.54 bits per heavy atom. The minimum Gasteiger partial charge on any atom is -0.333 e. The van der Waals surface area contributed by atoms with Crippen LogP contribution in [0.15, 0.2) is 0 Å². The van der Waals surface area contributed by atoms with Gasteiger partial charge in [0.15, 0.2) is 5.82 Å². The SMILES string of the molecule is Cc1nn(CCC(=O)N2Cc3nnc(C)n3[C@@H](CC(C)C)C2)c(C)c1C. The fourth-order valence-electron chi connectivity index (χ4n) is 3.85. The van der Waals surface area contributed by atoms with Crippen molar-refractivity contribution in [2.75, 3.05) is 6.54 Å². The normalized spacial score (nSPS) is 17.0. The molecular formula is C19H30N6O. The van der Waals surface area contributed by atoms with Crippen molar-refractivity contribution in [1.82, 2.24) is 29.4 Å². The van der Waals surface area contributed by atoms with E-state index in [0.717, 1.165) is 36.0 Å². The summed E-state index contributed by atoms with van der Waals surface area (Å²) in [4.78, 5) is 14.8.